The highest BCUT2D eigenvalue weighted by molar-refractivity contribution is 5.90. The summed E-state index contributed by atoms with van der Waals surface area (Å²) in [7, 11) is 3.07. The number of aromatic hydroxyl groups is 1. The highest BCUT2D eigenvalue weighted by atomic mass is 16.5. The predicted octanol–water partition coefficient (Wildman–Crippen LogP) is 3.28. The van der Waals surface area contributed by atoms with Gasteiger partial charge in [0.15, 0.2) is 0 Å². The molecule has 0 unspecified atom stereocenters. The Morgan fingerprint density at radius 1 is 1.07 bits per heavy atom. The van der Waals surface area contributed by atoms with Gasteiger partial charge in [0.25, 0.3) is 11.4 Å². The van der Waals surface area contributed by atoms with Crippen molar-refractivity contribution in [3.05, 3.63) is 52.3 Å². The third-order valence-electron chi connectivity index (χ3n) is 4.39. The Kier molecular flexibility index (Phi) is 4.23. The van der Waals surface area contributed by atoms with Crippen LogP contribution in [0.5, 0.6) is 17.2 Å². The van der Waals surface area contributed by atoms with Crippen LogP contribution in [0, 0.1) is 6.92 Å². The van der Waals surface area contributed by atoms with Gasteiger partial charge in [-0.05, 0) is 31.2 Å². The molecular weight excluding hydrogens is 362 g/mol. The molecule has 2 heterocycles. The largest absolute Gasteiger partial charge is 0.506 e. The standard InChI is InChI=1S/C20H17N3O5/c1-10-4-5-15-14(6-10)17(24)16(19(25)21-15)20-22-18(23-28-20)11-7-12(26-2)9-13(8-11)27-3/h4-9H,1-3H3,(H2,21,24,25). The van der Waals surface area contributed by atoms with E-state index >= 15 is 0 Å². The fraction of sp³-hybridized carbons (Fsp3) is 0.150. The van der Waals surface area contributed by atoms with E-state index in [9.17, 15) is 9.90 Å². The average molecular weight is 379 g/mol. The average Bonchev–Trinajstić information content (AvgIpc) is 3.18. The molecule has 2 aromatic heterocycles. The summed E-state index contributed by atoms with van der Waals surface area (Å²) >= 11 is 0. The van der Waals surface area contributed by atoms with Crippen LogP contribution >= 0.6 is 0 Å². The summed E-state index contributed by atoms with van der Waals surface area (Å²) in [5.74, 6) is 1.06. The Morgan fingerprint density at radius 2 is 1.79 bits per heavy atom. The summed E-state index contributed by atoms with van der Waals surface area (Å²) in [6.45, 7) is 1.89. The summed E-state index contributed by atoms with van der Waals surface area (Å²) in [5.41, 5.74) is 1.45. The zero-order valence-corrected chi connectivity index (χ0v) is 15.4. The van der Waals surface area contributed by atoms with Crippen LogP contribution in [0.2, 0.25) is 0 Å². The smallest absolute Gasteiger partial charge is 0.267 e. The Labute approximate surface area is 159 Å². The van der Waals surface area contributed by atoms with Crippen molar-refractivity contribution >= 4 is 10.9 Å². The summed E-state index contributed by atoms with van der Waals surface area (Å²) in [6, 6.07) is 10.5. The molecule has 4 rings (SSSR count). The number of aromatic nitrogens is 3. The highest BCUT2D eigenvalue weighted by Crippen LogP contribution is 2.34. The maximum Gasteiger partial charge on any atom is 0.267 e. The van der Waals surface area contributed by atoms with E-state index in [1.54, 1.807) is 30.3 Å². The molecule has 28 heavy (non-hydrogen) atoms. The third kappa shape index (κ3) is 2.94. The van der Waals surface area contributed by atoms with Gasteiger partial charge in [-0.25, -0.2) is 0 Å². The molecule has 8 nitrogen and oxygen atoms in total. The molecule has 2 N–H and O–H groups in total. The van der Waals surface area contributed by atoms with Crippen molar-refractivity contribution in [3.63, 3.8) is 0 Å². The van der Waals surface area contributed by atoms with E-state index in [2.05, 4.69) is 15.1 Å². The van der Waals surface area contributed by atoms with E-state index in [1.807, 2.05) is 13.0 Å². The minimum atomic E-state index is -0.521. The summed E-state index contributed by atoms with van der Waals surface area (Å²) in [6.07, 6.45) is 0. The number of pyridine rings is 1. The number of aryl methyl sites for hydroxylation is 1. The van der Waals surface area contributed by atoms with Crippen LogP contribution in [0.4, 0.5) is 0 Å². The van der Waals surface area contributed by atoms with E-state index in [0.717, 1.165) is 5.56 Å². The lowest BCUT2D eigenvalue weighted by Crippen LogP contribution is -2.09. The molecule has 0 atom stereocenters. The SMILES string of the molecule is COc1cc(OC)cc(-c2noc(-c3c(O)c4cc(C)ccc4[nH]c3=O)n2)c1. The van der Waals surface area contributed by atoms with Gasteiger partial charge in [0.2, 0.25) is 5.82 Å². The highest BCUT2D eigenvalue weighted by Gasteiger charge is 2.21. The predicted molar refractivity (Wildman–Crippen MR) is 103 cm³/mol. The van der Waals surface area contributed by atoms with Crippen molar-refractivity contribution in [1.82, 2.24) is 15.1 Å². The molecule has 0 bridgehead atoms. The number of nitrogens with zero attached hydrogens (tertiary/aromatic N) is 2. The summed E-state index contributed by atoms with van der Waals surface area (Å²) in [5, 5.41) is 15.1. The minimum Gasteiger partial charge on any atom is -0.506 e. The molecule has 0 amide bonds. The van der Waals surface area contributed by atoms with Gasteiger partial charge in [0, 0.05) is 17.0 Å². The van der Waals surface area contributed by atoms with Gasteiger partial charge in [-0.3, -0.25) is 4.79 Å². The number of aromatic amines is 1. The lowest BCUT2D eigenvalue weighted by Gasteiger charge is -2.06. The molecule has 142 valence electrons. The Bertz CT molecular complexity index is 1220. The first-order valence-corrected chi connectivity index (χ1v) is 8.43. The lowest BCUT2D eigenvalue weighted by molar-refractivity contribution is 0.394. The van der Waals surface area contributed by atoms with E-state index in [1.165, 1.54) is 14.2 Å². The fourth-order valence-electron chi connectivity index (χ4n) is 2.97. The third-order valence-corrected chi connectivity index (χ3v) is 4.39. The second-order valence-corrected chi connectivity index (χ2v) is 6.25. The molecule has 0 fully saturated rings. The van der Waals surface area contributed by atoms with Crippen LogP contribution in [0.25, 0.3) is 33.7 Å². The molecule has 0 aliphatic heterocycles. The van der Waals surface area contributed by atoms with Crippen LogP contribution in [0.1, 0.15) is 5.56 Å². The maximum absolute atomic E-state index is 12.5. The molecule has 0 aliphatic carbocycles. The number of benzene rings is 2. The molecule has 0 saturated carbocycles. The number of ether oxygens (including phenoxy) is 2. The molecule has 4 aromatic rings. The van der Waals surface area contributed by atoms with E-state index in [0.29, 0.717) is 28.0 Å². The van der Waals surface area contributed by atoms with Crippen LogP contribution in [0.15, 0.2) is 45.7 Å². The van der Waals surface area contributed by atoms with E-state index in [-0.39, 0.29) is 23.0 Å². The number of nitrogens with one attached hydrogen (secondary N) is 1. The second-order valence-electron chi connectivity index (χ2n) is 6.25. The number of hydrogen-bond acceptors (Lipinski definition) is 7. The van der Waals surface area contributed by atoms with E-state index < -0.39 is 5.56 Å². The molecule has 2 aromatic carbocycles. The first-order valence-electron chi connectivity index (χ1n) is 8.43. The van der Waals surface area contributed by atoms with Crippen LogP contribution < -0.4 is 15.0 Å². The zero-order valence-electron chi connectivity index (χ0n) is 15.4. The summed E-state index contributed by atoms with van der Waals surface area (Å²) in [4.78, 5) is 19.5. The van der Waals surface area contributed by atoms with Crippen LogP contribution in [0.3, 0.4) is 0 Å². The molecule has 0 aliphatic rings. The summed E-state index contributed by atoms with van der Waals surface area (Å²) < 4.78 is 15.8. The molecule has 8 heteroatoms. The van der Waals surface area contributed by atoms with Crippen molar-refractivity contribution in [2.75, 3.05) is 14.2 Å². The number of rotatable bonds is 4. The quantitative estimate of drug-likeness (QED) is 0.560. The van der Waals surface area contributed by atoms with Crippen LogP contribution in [-0.2, 0) is 0 Å². The normalized spacial score (nSPS) is 11.0. The van der Waals surface area contributed by atoms with Gasteiger partial charge in [0.1, 0.15) is 22.8 Å². The second kappa shape index (κ2) is 6.73. The number of H-pyrrole nitrogens is 1. The van der Waals surface area contributed by atoms with Crippen molar-refractivity contribution < 1.29 is 19.1 Å². The van der Waals surface area contributed by atoms with Gasteiger partial charge in [0.05, 0.1) is 19.7 Å². The molecule has 0 radical (unpaired) electrons. The minimum absolute atomic E-state index is 0.0771. The maximum atomic E-state index is 12.5. The molecule has 0 spiro atoms. The van der Waals surface area contributed by atoms with E-state index in [4.69, 9.17) is 14.0 Å². The fourth-order valence-corrected chi connectivity index (χ4v) is 2.97. The number of fused-ring (bicyclic) bond motifs is 1. The van der Waals surface area contributed by atoms with Crippen molar-refractivity contribution in [1.29, 1.82) is 0 Å². The van der Waals surface area contributed by atoms with Gasteiger partial charge in [-0.15, -0.1) is 0 Å². The number of methoxy groups -OCH3 is 2. The molecular formula is C20H17N3O5. The Balaban J connectivity index is 1.85. The Morgan fingerprint density at radius 3 is 2.46 bits per heavy atom. The van der Waals surface area contributed by atoms with Crippen molar-refractivity contribution in [3.8, 4) is 40.1 Å². The monoisotopic (exact) mass is 379 g/mol. The Hall–Kier alpha value is -3.81. The zero-order chi connectivity index (χ0) is 19.8. The first kappa shape index (κ1) is 17.6. The van der Waals surface area contributed by atoms with Gasteiger partial charge in [-0.1, -0.05) is 16.8 Å². The van der Waals surface area contributed by atoms with Crippen molar-refractivity contribution in [2.45, 2.75) is 6.92 Å². The van der Waals surface area contributed by atoms with Crippen molar-refractivity contribution in [2.24, 2.45) is 0 Å². The van der Waals surface area contributed by atoms with Gasteiger partial charge < -0.3 is 24.1 Å². The lowest BCUT2D eigenvalue weighted by atomic mass is 10.1. The van der Waals surface area contributed by atoms with Gasteiger partial charge in [-0.2, -0.15) is 4.98 Å². The van der Waals surface area contributed by atoms with Gasteiger partial charge >= 0.3 is 0 Å². The number of hydrogen-bond donors (Lipinski definition) is 2. The molecule has 0 saturated heterocycles. The first-order chi connectivity index (χ1) is 13.5. The van der Waals surface area contributed by atoms with Crippen LogP contribution in [-0.4, -0.2) is 34.5 Å². The topological polar surface area (TPSA) is 110 Å².